The summed E-state index contributed by atoms with van der Waals surface area (Å²) in [6.45, 7) is 1.71. The Morgan fingerprint density at radius 3 is 1.20 bits per heavy atom. The van der Waals surface area contributed by atoms with Crippen molar-refractivity contribution >= 4 is 0 Å². The molecule has 2 heteroatoms. The number of hydrogen-bond acceptors (Lipinski definition) is 0. The molecule has 0 aliphatic carbocycles. The first-order valence-electron chi connectivity index (χ1n) is 1.38. The van der Waals surface area contributed by atoms with Gasteiger partial charge in [-0.2, -0.15) is 0 Å². The van der Waals surface area contributed by atoms with Gasteiger partial charge in [-0.25, -0.2) is 8.78 Å². The predicted molar refractivity (Wildman–Crippen MR) is 16.3 cm³/mol. The molecule has 0 aromatic carbocycles. The van der Waals surface area contributed by atoms with E-state index in [0.717, 1.165) is 13.8 Å². The van der Waals surface area contributed by atoms with Crippen molar-refractivity contribution in [2.24, 2.45) is 0 Å². The molecule has 0 unspecified atom stereocenters. The van der Waals surface area contributed by atoms with Crippen LogP contribution in [0.2, 0.25) is 0 Å². The molecule has 0 radical (unpaired) electrons. The summed E-state index contributed by atoms with van der Waals surface area (Å²) >= 11 is 0. The van der Waals surface area contributed by atoms with Crippen LogP contribution in [0.1, 0.15) is 13.8 Å². The van der Waals surface area contributed by atoms with E-state index in [1.54, 1.807) is 0 Å². The largest absolute Gasteiger partial charge is 0.242 e. The zero-order chi connectivity index (χ0) is 4.50. The predicted octanol–water partition coefficient (Wildman–Crippen LogP) is 1.66. The molecule has 5 heavy (non-hydrogen) atoms. The van der Waals surface area contributed by atoms with Gasteiger partial charge < -0.3 is 0 Å². The van der Waals surface area contributed by atoms with E-state index < -0.39 is 5.92 Å². The molecule has 0 atom stereocenters. The van der Waals surface area contributed by atoms with Gasteiger partial charge in [0.25, 0.3) is 0 Å². The first-order chi connectivity index (χ1) is 2.00. The zero-order valence-electron chi connectivity index (χ0n) is 3.26. The normalized spacial score (nSPS) is 12.0. The van der Waals surface area contributed by atoms with Gasteiger partial charge in [-0.1, -0.05) is 0 Å². The maximum atomic E-state index is 11.0. The standard InChI is InChI=1S/C3H6F2/c1-3(2,4)5/h1-2H3/i1+1. The first-order valence-corrected chi connectivity index (χ1v) is 1.38. The highest BCUT2D eigenvalue weighted by Gasteiger charge is 2.08. The van der Waals surface area contributed by atoms with Gasteiger partial charge in [-0.3, -0.25) is 0 Å². The number of alkyl halides is 2. The number of rotatable bonds is 0. The topological polar surface area (TPSA) is 0 Å². The third-order valence-corrected chi connectivity index (χ3v) is 0. The lowest BCUT2D eigenvalue weighted by Crippen LogP contribution is -1.98. The summed E-state index contributed by atoms with van der Waals surface area (Å²) in [4.78, 5) is 0. The summed E-state index contributed by atoms with van der Waals surface area (Å²) in [5.41, 5.74) is 0. The van der Waals surface area contributed by atoms with E-state index in [0.29, 0.717) is 0 Å². The zero-order valence-corrected chi connectivity index (χ0v) is 3.26. The van der Waals surface area contributed by atoms with Gasteiger partial charge in [0.15, 0.2) is 0 Å². The van der Waals surface area contributed by atoms with Gasteiger partial charge in [0.05, 0.1) is 0 Å². The summed E-state index contributed by atoms with van der Waals surface area (Å²) in [6.07, 6.45) is 0. The lowest BCUT2D eigenvalue weighted by atomic mass is 10.6. The molecule has 0 saturated heterocycles. The molecule has 0 amide bonds. The minimum Gasteiger partial charge on any atom is -0.208 e. The first kappa shape index (κ1) is 4.86. The third-order valence-electron chi connectivity index (χ3n) is 0. The molecule has 0 spiro atoms. The van der Waals surface area contributed by atoms with Crippen molar-refractivity contribution in [2.75, 3.05) is 0 Å². The summed E-state index contributed by atoms with van der Waals surface area (Å²) in [7, 11) is 0. The molecule has 0 aliphatic heterocycles. The quantitative estimate of drug-likeness (QED) is 0.389. The molecule has 0 fully saturated rings. The van der Waals surface area contributed by atoms with Crippen LogP contribution in [-0.2, 0) is 0 Å². The van der Waals surface area contributed by atoms with Crippen LogP contribution in [0.3, 0.4) is 0 Å². The smallest absolute Gasteiger partial charge is 0.208 e. The Kier molecular flexibility index (Phi) is 0.894. The lowest BCUT2D eigenvalue weighted by molar-refractivity contribution is 0.0437. The van der Waals surface area contributed by atoms with Crippen LogP contribution in [-0.4, -0.2) is 5.92 Å². The molecule has 0 aromatic rings. The van der Waals surface area contributed by atoms with Crippen LogP contribution in [0, 0.1) is 0 Å². The molecule has 0 aromatic heterocycles. The van der Waals surface area contributed by atoms with Gasteiger partial charge in [0.1, 0.15) is 0 Å². The van der Waals surface area contributed by atoms with E-state index in [-0.39, 0.29) is 0 Å². The van der Waals surface area contributed by atoms with Crippen molar-refractivity contribution in [2.45, 2.75) is 19.8 Å². The molecular formula is C3H6F2. The fourth-order valence-electron chi connectivity index (χ4n) is 0. The molecule has 0 bridgehead atoms. The monoisotopic (exact) mass is 81.0 g/mol. The van der Waals surface area contributed by atoms with Crippen LogP contribution in [0.25, 0.3) is 0 Å². The van der Waals surface area contributed by atoms with Crippen molar-refractivity contribution in [3.05, 3.63) is 0 Å². The molecule has 0 N–H and O–H groups in total. The van der Waals surface area contributed by atoms with Gasteiger partial charge in [0, 0.05) is 0 Å². The Bertz CT molecular complexity index is 20.4. The van der Waals surface area contributed by atoms with Crippen LogP contribution < -0.4 is 0 Å². The second-order valence-electron chi connectivity index (χ2n) is 1.33. The molecular weight excluding hydrogens is 75.0 g/mol. The molecule has 32 valence electrons. The SMILES string of the molecule is CC([13CH3])(F)F. The van der Waals surface area contributed by atoms with Crippen molar-refractivity contribution in [3.8, 4) is 0 Å². The van der Waals surface area contributed by atoms with Crippen molar-refractivity contribution in [1.29, 1.82) is 0 Å². The highest BCUT2D eigenvalue weighted by atomic mass is 19.3. The molecule has 0 rings (SSSR count). The molecule has 0 saturated carbocycles. The fourth-order valence-corrected chi connectivity index (χ4v) is 0. The Labute approximate surface area is 29.8 Å². The highest BCUT2D eigenvalue weighted by Crippen LogP contribution is 2.06. The van der Waals surface area contributed by atoms with Gasteiger partial charge in [-0.15, -0.1) is 0 Å². The fraction of sp³-hybridized carbons (Fsp3) is 1.00. The molecule has 0 nitrogen and oxygen atoms in total. The van der Waals surface area contributed by atoms with Gasteiger partial charge in [0.2, 0.25) is 5.92 Å². The summed E-state index contributed by atoms with van der Waals surface area (Å²) in [5, 5.41) is 0. The molecule has 0 aliphatic rings. The Morgan fingerprint density at radius 2 is 1.20 bits per heavy atom. The summed E-state index contributed by atoms with van der Waals surface area (Å²) < 4.78 is 22.0. The summed E-state index contributed by atoms with van der Waals surface area (Å²) in [6, 6.07) is 0. The van der Waals surface area contributed by atoms with E-state index in [2.05, 4.69) is 0 Å². The Morgan fingerprint density at radius 1 is 1.20 bits per heavy atom. The van der Waals surface area contributed by atoms with Crippen molar-refractivity contribution in [1.82, 2.24) is 0 Å². The maximum absolute atomic E-state index is 11.0. The van der Waals surface area contributed by atoms with Crippen molar-refractivity contribution < 1.29 is 8.78 Å². The van der Waals surface area contributed by atoms with Crippen LogP contribution >= 0.6 is 0 Å². The van der Waals surface area contributed by atoms with Crippen LogP contribution in [0.15, 0.2) is 0 Å². The van der Waals surface area contributed by atoms with E-state index >= 15 is 0 Å². The number of halogens is 2. The van der Waals surface area contributed by atoms with E-state index in [4.69, 9.17) is 0 Å². The second-order valence-corrected chi connectivity index (χ2v) is 1.33. The second kappa shape index (κ2) is 0.919. The number of hydrogen-bond donors (Lipinski definition) is 0. The van der Waals surface area contributed by atoms with Gasteiger partial charge >= 0.3 is 0 Å². The maximum Gasteiger partial charge on any atom is 0.242 e. The Balaban J connectivity index is 3.02. The summed E-state index contributed by atoms with van der Waals surface area (Å²) in [5.74, 6) is -2.50. The third kappa shape index (κ3) is 681. The van der Waals surface area contributed by atoms with Crippen LogP contribution in [0.4, 0.5) is 8.78 Å². The minimum atomic E-state index is -2.50. The van der Waals surface area contributed by atoms with Crippen LogP contribution in [0.5, 0.6) is 0 Å². The Hall–Kier alpha value is -0.140. The molecule has 0 heterocycles. The average Bonchev–Trinajstić information content (AvgIpc) is 0.722. The van der Waals surface area contributed by atoms with Gasteiger partial charge in [-0.05, 0) is 13.8 Å². The highest BCUT2D eigenvalue weighted by molar-refractivity contribution is 4.40. The van der Waals surface area contributed by atoms with E-state index in [1.165, 1.54) is 0 Å². The van der Waals surface area contributed by atoms with E-state index in [9.17, 15) is 8.78 Å². The van der Waals surface area contributed by atoms with Crippen molar-refractivity contribution in [3.63, 3.8) is 0 Å². The minimum absolute atomic E-state index is 0.854. The van der Waals surface area contributed by atoms with E-state index in [1.807, 2.05) is 0 Å². The average molecular weight is 81.1 g/mol. The lowest BCUT2D eigenvalue weighted by Gasteiger charge is -1.94.